The molecule has 7 nitrogen and oxygen atoms in total. The molecule has 0 bridgehead atoms. The summed E-state index contributed by atoms with van der Waals surface area (Å²) in [5.41, 5.74) is 3.66. The van der Waals surface area contributed by atoms with Crippen molar-refractivity contribution in [2.75, 3.05) is 16.1 Å². The highest BCUT2D eigenvalue weighted by molar-refractivity contribution is 9.10. The number of nitrogens with zero attached hydrogens (tertiary/aromatic N) is 1. The van der Waals surface area contributed by atoms with E-state index >= 15 is 0 Å². The Bertz CT molecular complexity index is 1450. The number of hydrogen-bond donors (Lipinski definition) is 3. The molecular weight excluding hydrogens is 567 g/mol. The number of rotatable bonds is 4. The fourth-order valence-electron chi connectivity index (χ4n) is 3.14. The Morgan fingerprint density at radius 1 is 0.765 bits per heavy atom. The third-order valence-electron chi connectivity index (χ3n) is 4.72. The van der Waals surface area contributed by atoms with E-state index in [1.807, 2.05) is 0 Å². The van der Waals surface area contributed by atoms with Gasteiger partial charge in [0.15, 0.2) is 0 Å². The Labute approximate surface area is 217 Å². The van der Waals surface area contributed by atoms with Gasteiger partial charge in [-0.3, -0.25) is 19.8 Å². The van der Waals surface area contributed by atoms with E-state index in [4.69, 9.17) is 34.8 Å². The fourth-order valence-corrected chi connectivity index (χ4v) is 4.16. The van der Waals surface area contributed by atoms with Crippen molar-refractivity contribution in [3.63, 3.8) is 0 Å². The lowest BCUT2D eigenvalue weighted by Gasteiger charge is -2.13. The first-order valence-electron chi connectivity index (χ1n) is 9.67. The molecular formula is C23H14BrCl3N4O3. The number of amides is 3. The van der Waals surface area contributed by atoms with E-state index in [1.54, 1.807) is 48.5 Å². The third kappa shape index (κ3) is 5.20. The summed E-state index contributed by atoms with van der Waals surface area (Å²) < 4.78 is 2.01. The normalized spacial score (nSPS) is 10.7. The number of hydrogen-bond acceptors (Lipinski definition) is 3. The Hall–Kier alpha value is -3.04. The second kappa shape index (κ2) is 10.1. The highest BCUT2D eigenvalue weighted by atomic mass is 79.9. The van der Waals surface area contributed by atoms with Gasteiger partial charge in [-0.05, 0) is 54.6 Å². The molecule has 0 unspecified atom stereocenters. The number of anilines is 2. The van der Waals surface area contributed by atoms with Crippen molar-refractivity contribution in [3.8, 4) is 0 Å². The van der Waals surface area contributed by atoms with Crippen LogP contribution in [-0.4, -0.2) is 22.4 Å². The largest absolute Gasteiger partial charge is 0.328 e. The molecule has 0 radical (unpaired) electrons. The minimum Gasteiger partial charge on any atom is -0.319 e. The van der Waals surface area contributed by atoms with Crippen molar-refractivity contribution in [1.82, 2.24) is 4.68 Å². The number of nitrogens with one attached hydrogen (secondary N) is 3. The second-order valence-corrected chi connectivity index (χ2v) is 9.19. The second-order valence-electron chi connectivity index (χ2n) is 7.02. The van der Waals surface area contributed by atoms with E-state index in [2.05, 4.69) is 32.0 Å². The van der Waals surface area contributed by atoms with Gasteiger partial charge in [0.2, 0.25) is 0 Å². The lowest BCUT2D eigenvalue weighted by Crippen LogP contribution is -2.36. The number of carbonyl (C=O) groups excluding carboxylic acids is 3. The van der Waals surface area contributed by atoms with Gasteiger partial charge in [0.05, 0.1) is 26.9 Å². The predicted octanol–water partition coefficient (Wildman–Crippen LogP) is 6.33. The fraction of sp³-hybridized carbons (Fsp3) is 0. The van der Waals surface area contributed by atoms with E-state index in [0.717, 1.165) is 4.47 Å². The maximum absolute atomic E-state index is 13.1. The Kier molecular flexibility index (Phi) is 7.13. The predicted molar refractivity (Wildman–Crippen MR) is 139 cm³/mol. The number of para-hydroxylation sites is 1. The topological polar surface area (TPSA) is 92.2 Å². The highest BCUT2D eigenvalue weighted by Crippen LogP contribution is 2.27. The van der Waals surface area contributed by atoms with Gasteiger partial charge in [0.25, 0.3) is 5.91 Å². The van der Waals surface area contributed by atoms with Crippen molar-refractivity contribution in [2.45, 2.75) is 0 Å². The van der Waals surface area contributed by atoms with Crippen LogP contribution in [0.25, 0.3) is 10.9 Å². The summed E-state index contributed by atoms with van der Waals surface area (Å²) in [7, 11) is 0. The zero-order chi connectivity index (χ0) is 24.4. The number of carbonyl (C=O) groups is 3. The van der Waals surface area contributed by atoms with Crippen molar-refractivity contribution >= 4 is 90.7 Å². The van der Waals surface area contributed by atoms with Crippen LogP contribution in [0.2, 0.25) is 15.1 Å². The Balaban J connectivity index is 1.64. The molecule has 0 fully saturated rings. The zero-order valence-corrected chi connectivity index (χ0v) is 20.9. The summed E-state index contributed by atoms with van der Waals surface area (Å²) in [5, 5.41) is 6.69. The first kappa shape index (κ1) is 24.1. The molecule has 1 heterocycles. The summed E-state index contributed by atoms with van der Waals surface area (Å²) in [5.74, 6) is -2.54. The molecule has 0 spiro atoms. The summed E-state index contributed by atoms with van der Waals surface area (Å²) in [6.07, 6.45) is 0. The van der Waals surface area contributed by atoms with Gasteiger partial charge in [-0.1, -0.05) is 62.9 Å². The van der Waals surface area contributed by atoms with Crippen molar-refractivity contribution in [1.29, 1.82) is 0 Å². The van der Waals surface area contributed by atoms with Crippen molar-refractivity contribution < 1.29 is 14.4 Å². The summed E-state index contributed by atoms with van der Waals surface area (Å²) in [6, 6.07) is 18.0. The maximum Gasteiger partial charge on any atom is 0.328 e. The van der Waals surface area contributed by atoms with Gasteiger partial charge in [-0.2, -0.15) is 0 Å². The number of benzene rings is 3. The summed E-state index contributed by atoms with van der Waals surface area (Å²) >= 11 is 21.5. The molecule has 0 saturated heterocycles. The van der Waals surface area contributed by atoms with Gasteiger partial charge in [-0.15, -0.1) is 0 Å². The van der Waals surface area contributed by atoms with Crippen LogP contribution in [0.5, 0.6) is 0 Å². The Morgan fingerprint density at radius 2 is 1.50 bits per heavy atom. The monoisotopic (exact) mass is 578 g/mol. The molecule has 4 rings (SSSR count). The molecule has 0 aliphatic heterocycles. The van der Waals surface area contributed by atoms with E-state index in [1.165, 1.54) is 22.9 Å². The average molecular weight is 581 g/mol. The third-order valence-corrected chi connectivity index (χ3v) is 6.09. The van der Waals surface area contributed by atoms with Crippen LogP contribution in [0.3, 0.4) is 0 Å². The molecule has 4 aromatic rings. The minimum atomic E-state index is -1.02. The molecule has 1 aromatic heterocycles. The zero-order valence-electron chi connectivity index (χ0n) is 17.0. The first-order valence-corrected chi connectivity index (χ1v) is 11.6. The van der Waals surface area contributed by atoms with Crippen LogP contribution < -0.4 is 16.1 Å². The lowest BCUT2D eigenvalue weighted by atomic mass is 10.2. The van der Waals surface area contributed by atoms with E-state index in [9.17, 15) is 14.4 Å². The summed E-state index contributed by atoms with van der Waals surface area (Å²) in [4.78, 5) is 38.3. The molecule has 0 saturated carbocycles. The van der Waals surface area contributed by atoms with Gasteiger partial charge in [0.1, 0.15) is 5.69 Å². The van der Waals surface area contributed by atoms with Gasteiger partial charge >= 0.3 is 11.8 Å². The van der Waals surface area contributed by atoms with Crippen molar-refractivity contribution in [2.24, 2.45) is 0 Å². The van der Waals surface area contributed by atoms with Gasteiger partial charge < -0.3 is 10.6 Å². The van der Waals surface area contributed by atoms with Crippen LogP contribution in [0, 0.1) is 0 Å². The molecule has 3 N–H and O–H groups in total. The molecule has 0 aliphatic rings. The van der Waals surface area contributed by atoms with Crippen LogP contribution in [0.4, 0.5) is 11.4 Å². The van der Waals surface area contributed by atoms with E-state index in [-0.39, 0.29) is 16.4 Å². The molecule has 11 heteroatoms. The van der Waals surface area contributed by atoms with Gasteiger partial charge in [-0.25, -0.2) is 4.68 Å². The smallest absolute Gasteiger partial charge is 0.319 e. The van der Waals surface area contributed by atoms with Crippen LogP contribution >= 0.6 is 50.7 Å². The van der Waals surface area contributed by atoms with Gasteiger partial charge in [0, 0.05) is 14.9 Å². The molecule has 0 atom stereocenters. The standard InChI is InChI=1S/C23H14BrCl3N4O3/c24-13-5-8-19-12(9-13)10-20(21(32)28-17-4-2-1-3-15(17)26)31(19)30-23(34)22(33)29-18-7-6-14(25)11-16(18)27/h1-11H,(H,28,32)(H,29,33)(H,30,34). The molecule has 34 heavy (non-hydrogen) atoms. The molecule has 3 amide bonds. The maximum atomic E-state index is 13.1. The Morgan fingerprint density at radius 3 is 2.24 bits per heavy atom. The number of aromatic nitrogens is 1. The molecule has 3 aromatic carbocycles. The van der Waals surface area contributed by atoms with Crippen LogP contribution in [0.1, 0.15) is 10.5 Å². The quantitative estimate of drug-likeness (QED) is 0.247. The number of halogens is 4. The number of fused-ring (bicyclic) bond motifs is 1. The lowest BCUT2D eigenvalue weighted by molar-refractivity contribution is -0.133. The first-order chi connectivity index (χ1) is 16.2. The van der Waals surface area contributed by atoms with Crippen LogP contribution in [-0.2, 0) is 9.59 Å². The SMILES string of the molecule is O=C(Nc1ccc(Cl)cc1Cl)C(=O)Nn1c(C(=O)Nc2ccccc2Cl)cc2cc(Br)ccc21. The molecule has 172 valence electrons. The highest BCUT2D eigenvalue weighted by Gasteiger charge is 2.22. The van der Waals surface area contributed by atoms with E-state index in [0.29, 0.717) is 26.6 Å². The minimum absolute atomic E-state index is 0.0821. The molecule has 0 aliphatic carbocycles. The summed E-state index contributed by atoms with van der Waals surface area (Å²) in [6.45, 7) is 0. The van der Waals surface area contributed by atoms with Crippen molar-refractivity contribution in [3.05, 3.63) is 92.0 Å². The average Bonchev–Trinajstić information content (AvgIpc) is 3.14. The van der Waals surface area contributed by atoms with E-state index < -0.39 is 17.7 Å². The van der Waals surface area contributed by atoms with Crippen LogP contribution in [0.15, 0.2) is 71.2 Å².